The number of para-hydroxylation sites is 1. The molecule has 1 fully saturated rings. The molecule has 4 rings (SSSR count). The molecule has 3 aromatic rings. The van der Waals surface area contributed by atoms with E-state index in [2.05, 4.69) is 15.9 Å². The van der Waals surface area contributed by atoms with Crippen LogP contribution >= 0.6 is 39.3 Å². The molecule has 2 amide bonds. The lowest BCUT2D eigenvalue weighted by Gasteiger charge is -2.14. The zero-order valence-corrected chi connectivity index (χ0v) is 21.9. The second-order valence-corrected chi connectivity index (χ2v) is 9.75. The first-order valence-electron chi connectivity index (χ1n) is 10.6. The summed E-state index contributed by atoms with van der Waals surface area (Å²) in [4.78, 5) is 26.8. The van der Waals surface area contributed by atoms with Crippen molar-refractivity contribution in [2.75, 3.05) is 20.3 Å². The van der Waals surface area contributed by atoms with Crippen molar-refractivity contribution in [3.05, 3.63) is 92.3 Å². The maximum absolute atomic E-state index is 12.9. The molecular weight excluding hydrogens is 554 g/mol. The van der Waals surface area contributed by atoms with Gasteiger partial charge in [0.15, 0.2) is 11.5 Å². The number of thioether (sulfide) groups is 1. The molecule has 0 aliphatic carbocycles. The van der Waals surface area contributed by atoms with E-state index in [0.29, 0.717) is 33.8 Å². The number of nitrogens with zero attached hydrogens (tertiary/aromatic N) is 1. The summed E-state index contributed by atoms with van der Waals surface area (Å²) in [7, 11) is 1.57. The van der Waals surface area contributed by atoms with E-state index in [0.717, 1.165) is 27.4 Å². The summed E-state index contributed by atoms with van der Waals surface area (Å²) in [6.45, 7) is 0.623. The molecule has 1 saturated heterocycles. The monoisotopic (exact) mass is 573 g/mol. The van der Waals surface area contributed by atoms with Crippen LogP contribution in [0.5, 0.6) is 17.2 Å². The zero-order chi connectivity index (χ0) is 24.8. The van der Waals surface area contributed by atoms with Crippen LogP contribution in [-0.2, 0) is 11.4 Å². The topological polar surface area (TPSA) is 65.1 Å². The van der Waals surface area contributed by atoms with Crippen LogP contribution in [0.25, 0.3) is 6.08 Å². The zero-order valence-electron chi connectivity index (χ0n) is 18.7. The van der Waals surface area contributed by atoms with E-state index in [1.807, 2.05) is 24.3 Å². The predicted molar refractivity (Wildman–Crippen MR) is 141 cm³/mol. The van der Waals surface area contributed by atoms with Crippen molar-refractivity contribution < 1.29 is 23.8 Å². The smallest absolute Gasteiger partial charge is 0.293 e. The number of rotatable bonds is 9. The number of halogens is 2. The van der Waals surface area contributed by atoms with Crippen LogP contribution in [0, 0.1) is 0 Å². The van der Waals surface area contributed by atoms with Crippen molar-refractivity contribution in [2.24, 2.45) is 0 Å². The molecular formula is C26H21BrClNO5S. The molecule has 0 radical (unpaired) electrons. The van der Waals surface area contributed by atoms with E-state index in [1.54, 1.807) is 55.7 Å². The van der Waals surface area contributed by atoms with Crippen LogP contribution in [0.1, 0.15) is 11.1 Å². The molecule has 0 unspecified atom stereocenters. The van der Waals surface area contributed by atoms with Gasteiger partial charge < -0.3 is 14.2 Å². The number of amides is 2. The van der Waals surface area contributed by atoms with Crippen LogP contribution in [0.15, 0.2) is 76.1 Å². The van der Waals surface area contributed by atoms with Gasteiger partial charge in [0, 0.05) is 4.47 Å². The van der Waals surface area contributed by atoms with Gasteiger partial charge in [0.05, 0.1) is 23.6 Å². The molecule has 1 heterocycles. The maximum Gasteiger partial charge on any atom is 0.293 e. The third-order valence-corrected chi connectivity index (χ3v) is 6.82. The number of carbonyl (C=O) groups excluding carboxylic acids is 2. The Balaban J connectivity index is 1.43. The van der Waals surface area contributed by atoms with Gasteiger partial charge >= 0.3 is 0 Å². The highest BCUT2D eigenvalue weighted by molar-refractivity contribution is 9.10. The Hall–Kier alpha value is -2.94. The molecule has 0 N–H and O–H groups in total. The second-order valence-electron chi connectivity index (χ2n) is 7.44. The minimum absolute atomic E-state index is 0.122. The van der Waals surface area contributed by atoms with E-state index in [4.69, 9.17) is 25.8 Å². The lowest BCUT2D eigenvalue weighted by molar-refractivity contribution is -0.123. The summed E-state index contributed by atoms with van der Waals surface area (Å²) in [5, 5.41) is 0.128. The lowest BCUT2D eigenvalue weighted by atomic mass is 10.1. The Bertz CT molecular complexity index is 1260. The first-order valence-corrected chi connectivity index (χ1v) is 12.6. The standard InChI is InChI=1S/C26H21BrClNO5S/c1-32-22-11-8-18(14-23(22)34-16-17-6-9-19(27)10-7-17)15-24-25(30)29(26(31)35-24)12-13-33-21-5-3-2-4-20(21)28/h2-11,14-15H,12-13,16H2,1H3/b24-15-. The molecule has 0 atom stereocenters. The summed E-state index contributed by atoms with van der Waals surface area (Å²) in [6, 6.07) is 20.2. The fraction of sp³-hybridized carbons (Fsp3) is 0.154. The number of imide groups is 1. The molecule has 0 spiro atoms. The van der Waals surface area contributed by atoms with Gasteiger partial charge in [-0.15, -0.1) is 0 Å². The van der Waals surface area contributed by atoms with Gasteiger partial charge in [0.1, 0.15) is 19.0 Å². The Morgan fingerprint density at radius 3 is 2.49 bits per heavy atom. The van der Waals surface area contributed by atoms with E-state index in [-0.39, 0.29) is 24.3 Å². The van der Waals surface area contributed by atoms with Gasteiger partial charge in [-0.3, -0.25) is 14.5 Å². The number of carbonyl (C=O) groups is 2. The third kappa shape index (κ3) is 6.39. The lowest BCUT2D eigenvalue weighted by Crippen LogP contribution is -2.32. The molecule has 0 aromatic heterocycles. The second kappa shape index (κ2) is 11.7. The molecule has 0 bridgehead atoms. The average Bonchev–Trinajstić information content (AvgIpc) is 3.12. The van der Waals surface area contributed by atoms with Gasteiger partial charge in [-0.25, -0.2) is 0 Å². The minimum Gasteiger partial charge on any atom is -0.493 e. The summed E-state index contributed by atoms with van der Waals surface area (Å²) in [6.07, 6.45) is 1.67. The Morgan fingerprint density at radius 2 is 1.74 bits per heavy atom. The van der Waals surface area contributed by atoms with Crippen LogP contribution in [-0.4, -0.2) is 36.3 Å². The van der Waals surface area contributed by atoms with Crippen LogP contribution in [0.4, 0.5) is 4.79 Å². The highest BCUT2D eigenvalue weighted by Crippen LogP contribution is 2.35. The summed E-state index contributed by atoms with van der Waals surface area (Å²) in [5.41, 5.74) is 1.72. The normalized spacial score (nSPS) is 14.5. The summed E-state index contributed by atoms with van der Waals surface area (Å²) in [5.74, 6) is 1.25. The van der Waals surface area contributed by atoms with Crippen LogP contribution in [0.3, 0.4) is 0 Å². The highest BCUT2D eigenvalue weighted by atomic mass is 79.9. The number of hydrogen-bond acceptors (Lipinski definition) is 6. The van der Waals surface area contributed by atoms with Gasteiger partial charge in [-0.1, -0.05) is 57.9 Å². The van der Waals surface area contributed by atoms with Crippen molar-refractivity contribution in [3.8, 4) is 17.2 Å². The van der Waals surface area contributed by atoms with Gasteiger partial charge in [-0.05, 0) is 65.4 Å². The Labute approximate surface area is 220 Å². The molecule has 1 aliphatic heterocycles. The highest BCUT2D eigenvalue weighted by Gasteiger charge is 2.34. The molecule has 35 heavy (non-hydrogen) atoms. The van der Waals surface area contributed by atoms with E-state index >= 15 is 0 Å². The van der Waals surface area contributed by atoms with E-state index in [9.17, 15) is 9.59 Å². The fourth-order valence-electron chi connectivity index (χ4n) is 3.29. The SMILES string of the molecule is COc1ccc(/C=C2\SC(=O)N(CCOc3ccccc3Cl)C2=O)cc1OCc1ccc(Br)cc1. The summed E-state index contributed by atoms with van der Waals surface area (Å²) >= 11 is 10.4. The Kier molecular flexibility index (Phi) is 8.38. The van der Waals surface area contributed by atoms with Gasteiger partial charge in [0.25, 0.3) is 11.1 Å². The average molecular weight is 575 g/mol. The first kappa shape index (κ1) is 25.2. The molecule has 1 aliphatic rings. The predicted octanol–water partition coefficient (Wildman–Crippen LogP) is 6.81. The molecule has 9 heteroatoms. The molecule has 180 valence electrons. The third-order valence-electron chi connectivity index (χ3n) is 5.08. The van der Waals surface area contributed by atoms with Crippen LogP contribution < -0.4 is 14.2 Å². The van der Waals surface area contributed by atoms with Gasteiger partial charge in [0.2, 0.25) is 0 Å². The molecule has 3 aromatic carbocycles. The van der Waals surface area contributed by atoms with Crippen molar-refractivity contribution in [1.29, 1.82) is 0 Å². The van der Waals surface area contributed by atoms with Crippen LogP contribution in [0.2, 0.25) is 5.02 Å². The minimum atomic E-state index is -0.365. The first-order chi connectivity index (χ1) is 16.9. The summed E-state index contributed by atoms with van der Waals surface area (Å²) < 4.78 is 18.0. The quantitative estimate of drug-likeness (QED) is 0.262. The van der Waals surface area contributed by atoms with E-state index in [1.165, 1.54) is 4.90 Å². The van der Waals surface area contributed by atoms with Crippen molar-refractivity contribution in [3.63, 3.8) is 0 Å². The number of methoxy groups -OCH3 is 1. The van der Waals surface area contributed by atoms with Crippen molar-refractivity contribution in [1.82, 2.24) is 4.90 Å². The maximum atomic E-state index is 12.9. The number of ether oxygens (including phenoxy) is 3. The fourth-order valence-corrected chi connectivity index (χ4v) is 4.61. The largest absolute Gasteiger partial charge is 0.493 e. The van der Waals surface area contributed by atoms with Crippen molar-refractivity contribution >= 4 is 56.5 Å². The van der Waals surface area contributed by atoms with E-state index < -0.39 is 0 Å². The molecule has 0 saturated carbocycles. The number of benzene rings is 3. The van der Waals surface area contributed by atoms with Gasteiger partial charge in [-0.2, -0.15) is 0 Å². The Morgan fingerprint density at radius 1 is 0.971 bits per heavy atom. The number of hydrogen-bond donors (Lipinski definition) is 0. The van der Waals surface area contributed by atoms with Crippen molar-refractivity contribution in [2.45, 2.75) is 6.61 Å². The molecule has 6 nitrogen and oxygen atoms in total.